The van der Waals surface area contributed by atoms with Crippen molar-refractivity contribution < 1.29 is 9.53 Å². The number of piperidine rings is 1. The topological polar surface area (TPSA) is 80.2 Å². The van der Waals surface area contributed by atoms with Crippen molar-refractivity contribution in [3.05, 3.63) is 70.3 Å². The first-order valence-corrected chi connectivity index (χ1v) is 9.81. The number of carbonyl (C=O) groups excluding carboxylic acids is 1. The van der Waals surface area contributed by atoms with Gasteiger partial charge in [-0.15, -0.1) is 0 Å². The second-order valence-electron chi connectivity index (χ2n) is 7.81. The molecule has 2 aliphatic heterocycles. The molecule has 0 unspecified atom stereocenters. The highest BCUT2D eigenvalue weighted by Crippen LogP contribution is 2.35. The Balaban J connectivity index is 1.38. The fourth-order valence-electron chi connectivity index (χ4n) is 4.59. The zero-order chi connectivity index (χ0) is 20.0. The van der Waals surface area contributed by atoms with Crippen molar-refractivity contribution in [1.82, 2.24) is 19.7 Å². The van der Waals surface area contributed by atoms with Gasteiger partial charge in [-0.05, 0) is 36.6 Å². The molecule has 1 amide bonds. The van der Waals surface area contributed by atoms with E-state index in [1.54, 1.807) is 19.2 Å². The molecule has 0 radical (unpaired) electrons. The number of aromatic amines is 1. The van der Waals surface area contributed by atoms with Crippen LogP contribution in [0.1, 0.15) is 28.5 Å². The SMILES string of the molecule is COc1cccc(-c2cc(C(=O)N3C[C@@H]4C[C@H](C3)c3cccc(=O)n3C4)[nH]n2)c1. The maximum absolute atomic E-state index is 13.1. The number of ether oxygens (including phenoxy) is 1. The minimum absolute atomic E-state index is 0.0481. The molecule has 1 fully saturated rings. The standard InChI is InChI=1S/C22H22N4O3/c1-29-17-5-2-4-15(9-17)18-10-19(24-23-18)22(28)25-11-14-8-16(13-25)20-6-3-7-21(27)26(20)12-14/h2-7,9-10,14,16H,8,11-13H2,1H3,(H,23,24)/t14-,16+/m0/s1. The predicted molar refractivity (Wildman–Crippen MR) is 108 cm³/mol. The highest BCUT2D eigenvalue weighted by Gasteiger charge is 2.36. The summed E-state index contributed by atoms with van der Waals surface area (Å²) in [7, 11) is 1.62. The Labute approximate surface area is 167 Å². The van der Waals surface area contributed by atoms with Gasteiger partial charge in [-0.1, -0.05) is 18.2 Å². The van der Waals surface area contributed by atoms with Crippen molar-refractivity contribution in [2.45, 2.75) is 18.9 Å². The molecule has 4 heterocycles. The number of rotatable bonds is 3. The number of H-pyrrole nitrogens is 1. The molecule has 7 heteroatoms. The van der Waals surface area contributed by atoms with Crippen LogP contribution in [0.5, 0.6) is 5.75 Å². The Morgan fingerprint density at radius 3 is 2.86 bits per heavy atom. The summed E-state index contributed by atoms with van der Waals surface area (Å²) in [5.41, 5.74) is 3.17. The lowest BCUT2D eigenvalue weighted by Gasteiger charge is -2.42. The predicted octanol–water partition coefficient (Wildman–Crippen LogP) is 2.51. The third-order valence-electron chi connectivity index (χ3n) is 5.94. The Bertz CT molecular complexity index is 1130. The van der Waals surface area contributed by atoms with Crippen molar-refractivity contribution in [2.75, 3.05) is 20.2 Å². The van der Waals surface area contributed by atoms with Gasteiger partial charge >= 0.3 is 0 Å². The van der Waals surface area contributed by atoms with Crippen molar-refractivity contribution in [3.8, 4) is 17.0 Å². The van der Waals surface area contributed by atoms with E-state index in [1.165, 1.54) is 0 Å². The molecule has 1 saturated heterocycles. The highest BCUT2D eigenvalue weighted by atomic mass is 16.5. The molecule has 0 saturated carbocycles. The number of pyridine rings is 1. The number of likely N-dealkylation sites (tertiary alicyclic amines) is 1. The second kappa shape index (κ2) is 6.92. The quantitative estimate of drug-likeness (QED) is 0.745. The van der Waals surface area contributed by atoms with Crippen LogP contribution in [0, 0.1) is 5.92 Å². The average molecular weight is 390 g/mol. The third-order valence-corrected chi connectivity index (χ3v) is 5.94. The second-order valence-corrected chi connectivity index (χ2v) is 7.81. The molecule has 7 nitrogen and oxygen atoms in total. The Hall–Kier alpha value is -3.35. The van der Waals surface area contributed by atoms with E-state index in [0.29, 0.717) is 36.9 Å². The lowest BCUT2D eigenvalue weighted by molar-refractivity contribution is 0.0588. The molecular formula is C22H22N4O3. The summed E-state index contributed by atoms with van der Waals surface area (Å²) in [6, 6.07) is 14.8. The fraction of sp³-hybridized carbons (Fsp3) is 0.318. The lowest BCUT2D eigenvalue weighted by atomic mass is 9.83. The van der Waals surface area contributed by atoms with Gasteiger partial charge in [0, 0.05) is 42.9 Å². The zero-order valence-electron chi connectivity index (χ0n) is 16.2. The van der Waals surface area contributed by atoms with Crippen LogP contribution < -0.4 is 10.3 Å². The fourth-order valence-corrected chi connectivity index (χ4v) is 4.59. The van der Waals surface area contributed by atoms with E-state index >= 15 is 0 Å². The summed E-state index contributed by atoms with van der Waals surface area (Å²) in [4.78, 5) is 27.2. The molecule has 148 valence electrons. The van der Waals surface area contributed by atoms with E-state index in [2.05, 4.69) is 10.2 Å². The molecule has 0 aliphatic carbocycles. The number of hydrogen-bond donors (Lipinski definition) is 1. The van der Waals surface area contributed by atoms with E-state index in [9.17, 15) is 9.59 Å². The molecule has 29 heavy (non-hydrogen) atoms. The van der Waals surface area contributed by atoms with Gasteiger partial charge in [0.05, 0.1) is 12.8 Å². The van der Waals surface area contributed by atoms with Crippen LogP contribution in [0.25, 0.3) is 11.3 Å². The summed E-state index contributed by atoms with van der Waals surface area (Å²) in [6.07, 6.45) is 1.02. The summed E-state index contributed by atoms with van der Waals surface area (Å²) >= 11 is 0. The maximum atomic E-state index is 13.1. The summed E-state index contributed by atoms with van der Waals surface area (Å²) in [5.74, 6) is 1.19. The molecule has 3 aromatic rings. The smallest absolute Gasteiger partial charge is 0.271 e. The first-order valence-electron chi connectivity index (χ1n) is 9.81. The monoisotopic (exact) mass is 390 g/mol. The van der Waals surface area contributed by atoms with E-state index in [1.807, 2.05) is 45.9 Å². The molecule has 2 aliphatic rings. The number of hydrogen-bond acceptors (Lipinski definition) is 4. The van der Waals surface area contributed by atoms with Crippen LogP contribution in [0.2, 0.25) is 0 Å². The van der Waals surface area contributed by atoms with E-state index in [4.69, 9.17) is 4.74 Å². The minimum Gasteiger partial charge on any atom is -0.497 e. The van der Waals surface area contributed by atoms with E-state index in [0.717, 1.165) is 23.4 Å². The van der Waals surface area contributed by atoms with E-state index in [-0.39, 0.29) is 17.4 Å². The van der Waals surface area contributed by atoms with E-state index < -0.39 is 0 Å². The molecule has 2 bridgehead atoms. The van der Waals surface area contributed by atoms with Gasteiger partial charge in [-0.3, -0.25) is 14.7 Å². The van der Waals surface area contributed by atoms with Crippen LogP contribution in [0.3, 0.4) is 0 Å². The Morgan fingerprint density at radius 2 is 2.00 bits per heavy atom. The van der Waals surface area contributed by atoms with Gasteiger partial charge < -0.3 is 14.2 Å². The number of carbonyl (C=O) groups is 1. The molecule has 1 N–H and O–H groups in total. The van der Waals surface area contributed by atoms with Crippen molar-refractivity contribution in [2.24, 2.45) is 5.92 Å². The van der Waals surface area contributed by atoms with Crippen molar-refractivity contribution in [1.29, 1.82) is 0 Å². The molecule has 5 rings (SSSR count). The largest absolute Gasteiger partial charge is 0.497 e. The zero-order valence-corrected chi connectivity index (χ0v) is 16.2. The van der Waals surface area contributed by atoms with Gasteiger partial charge in [0.1, 0.15) is 11.4 Å². The third kappa shape index (κ3) is 3.12. The van der Waals surface area contributed by atoms with Gasteiger partial charge in [0.25, 0.3) is 11.5 Å². The van der Waals surface area contributed by atoms with Crippen LogP contribution in [-0.2, 0) is 6.54 Å². The summed E-state index contributed by atoms with van der Waals surface area (Å²) in [5, 5.41) is 7.22. The molecular weight excluding hydrogens is 368 g/mol. The highest BCUT2D eigenvalue weighted by molar-refractivity contribution is 5.93. The summed E-state index contributed by atoms with van der Waals surface area (Å²) < 4.78 is 7.14. The number of amides is 1. The first kappa shape index (κ1) is 17.7. The van der Waals surface area contributed by atoms with Crippen LogP contribution >= 0.6 is 0 Å². The maximum Gasteiger partial charge on any atom is 0.271 e. The Kier molecular flexibility index (Phi) is 4.23. The van der Waals surface area contributed by atoms with Gasteiger partial charge in [0.15, 0.2) is 0 Å². The van der Waals surface area contributed by atoms with Crippen LogP contribution in [-0.4, -0.2) is 45.8 Å². The normalized spacial score (nSPS) is 20.2. The van der Waals surface area contributed by atoms with Gasteiger partial charge in [0.2, 0.25) is 0 Å². The van der Waals surface area contributed by atoms with Crippen molar-refractivity contribution in [3.63, 3.8) is 0 Å². The first-order chi connectivity index (χ1) is 14.1. The molecule has 0 spiro atoms. The van der Waals surface area contributed by atoms with Crippen molar-refractivity contribution >= 4 is 5.91 Å². The number of nitrogens with one attached hydrogen (secondary N) is 1. The van der Waals surface area contributed by atoms with Crippen LogP contribution in [0.4, 0.5) is 0 Å². The number of aromatic nitrogens is 3. The lowest BCUT2D eigenvalue weighted by Crippen LogP contribution is -2.49. The van der Waals surface area contributed by atoms with Gasteiger partial charge in [-0.2, -0.15) is 5.10 Å². The molecule has 2 atom stereocenters. The number of methoxy groups -OCH3 is 1. The molecule has 1 aromatic carbocycles. The van der Waals surface area contributed by atoms with Gasteiger partial charge in [-0.25, -0.2) is 0 Å². The summed E-state index contributed by atoms with van der Waals surface area (Å²) in [6.45, 7) is 1.95. The number of fused-ring (bicyclic) bond motifs is 4. The average Bonchev–Trinajstić information content (AvgIpc) is 3.24. The number of benzene rings is 1. The number of nitrogens with zero attached hydrogens (tertiary/aromatic N) is 3. The van der Waals surface area contributed by atoms with Crippen LogP contribution in [0.15, 0.2) is 53.3 Å². The Morgan fingerprint density at radius 1 is 1.14 bits per heavy atom. The molecule has 2 aromatic heterocycles. The minimum atomic E-state index is -0.0481.